The Kier molecular flexibility index (Phi) is 5.60. The Morgan fingerprint density at radius 3 is 1.88 bits per heavy atom. The number of phenolic OH excluding ortho intramolecular Hbond substituents is 1. The zero-order valence-electron chi connectivity index (χ0n) is 16.6. The maximum absolute atomic E-state index is 12.1. The maximum atomic E-state index is 12.1. The van der Waals surface area contributed by atoms with Crippen molar-refractivity contribution in [1.29, 1.82) is 0 Å². The van der Waals surface area contributed by atoms with Gasteiger partial charge in [0.15, 0.2) is 0 Å². The normalized spacial score (nSPS) is 12.4. The van der Waals surface area contributed by atoms with E-state index in [1.54, 1.807) is 18.3 Å². The number of rotatable bonds is 3. The number of nitrogens with one attached hydrogen (secondary N) is 1. The summed E-state index contributed by atoms with van der Waals surface area (Å²) >= 11 is 0. The summed E-state index contributed by atoms with van der Waals surface area (Å²) < 4.78 is 0. The van der Waals surface area contributed by atoms with E-state index in [0.29, 0.717) is 11.3 Å². The molecular formula is C23H29NO2. The Bertz CT molecular complexity index is 771. The van der Waals surface area contributed by atoms with Gasteiger partial charge in [-0.3, -0.25) is 4.79 Å². The lowest BCUT2D eigenvalue weighted by molar-refractivity contribution is 0.0970. The molecule has 0 aromatic heterocycles. The molecule has 1 amide bonds. The van der Waals surface area contributed by atoms with E-state index in [4.69, 9.17) is 0 Å². The van der Waals surface area contributed by atoms with Gasteiger partial charge in [0.2, 0.25) is 0 Å². The Labute approximate surface area is 156 Å². The van der Waals surface area contributed by atoms with Crippen LogP contribution in [0.5, 0.6) is 5.75 Å². The van der Waals surface area contributed by atoms with Crippen LogP contribution in [0.4, 0.5) is 0 Å². The molecule has 0 bridgehead atoms. The van der Waals surface area contributed by atoms with Gasteiger partial charge in [0.25, 0.3) is 5.91 Å². The molecule has 0 spiro atoms. The first kappa shape index (κ1) is 19.8. The number of carbonyl (C=O) groups is 1. The summed E-state index contributed by atoms with van der Waals surface area (Å²) in [6.07, 6.45) is 3.52. The van der Waals surface area contributed by atoms with Crippen LogP contribution in [0.25, 0.3) is 6.08 Å². The van der Waals surface area contributed by atoms with E-state index >= 15 is 0 Å². The van der Waals surface area contributed by atoms with Crippen LogP contribution in [0.1, 0.15) is 68.6 Å². The molecule has 0 saturated carbocycles. The molecule has 0 aliphatic carbocycles. The molecule has 0 aliphatic heterocycles. The third-order valence-electron chi connectivity index (χ3n) is 4.27. The van der Waals surface area contributed by atoms with Crippen LogP contribution in [0.2, 0.25) is 0 Å². The minimum Gasteiger partial charge on any atom is -0.507 e. The van der Waals surface area contributed by atoms with Crippen LogP contribution in [0.3, 0.4) is 0 Å². The first-order valence-electron chi connectivity index (χ1n) is 8.90. The molecule has 0 unspecified atom stereocenters. The number of hydrogen-bond acceptors (Lipinski definition) is 2. The SMILES string of the molecule is CC(C)(C)c1cc(/C=C\NC(=O)c2ccccc2)cc(C(C)(C)C)c1O. The van der Waals surface area contributed by atoms with Gasteiger partial charge in [-0.1, -0.05) is 59.7 Å². The lowest BCUT2D eigenvalue weighted by Gasteiger charge is -2.27. The molecule has 0 saturated heterocycles. The summed E-state index contributed by atoms with van der Waals surface area (Å²) in [5.74, 6) is 0.211. The van der Waals surface area contributed by atoms with Crippen LogP contribution >= 0.6 is 0 Å². The Morgan fingerprint density at radius 1 is 0.923 bits per heavy atom. The summed E-state index contributed by atoms with van der Waals surface area (Å²) in [6, 6.07) is 13.1. The van der Waals surface area contributed by atoms with Gasteiger partial charge in [-0.15, -0.1) is 0 Å². The highest BCUT2D eigenvalue weighted by molar-refractivity contribution is 5.95. The lowest BCUT2D eigenvalue weighted by Crippen LogP contribution is -2.18. The molecule has 26 heavy (non-hydrogen) atoms. The van der Waals surface area contributed by atoms with Crippen LogP contribution < -0.4 is 5.32 Å². The van der Waals surface area contributed by atoms with Crippen LogP contribution in [-0.4, -0.2) is 11.0 Å². The maximum Gasteiger partial charge on any atom is 0.255 e. The van der Waals surface area contributed by atoms with E-state index in [1.807, 2.05) is 36.4 Å². The highest BCUT2D eigenvalue weighted by Crippen LogP contribution is 2.39. The first-order chi connectivity index (χ1) is 12.0. The minimum atomic E-state index is -0.179. The van der Waals surface area contributed by atoms with Gasteiger partial charge in [0, 0.05) is 22.9 Å². The van der Waals surface area contributed by atoms with Crippen molar-refractivity contribution in [2.24, 2.45) is 0 Å². The fourth-order valence-corrected chi connectivity index (χ4v) is 2.78. The molecule has 2 aromatic carbocycles. The van der Waals surface area contributed by atoms with Gasteiger partial charge in [-0.25, -0.2) is 0 Å². The van der Waals surface area contributed by atoms with Crippen molar-refractivity contribution in [3.05, 3.63) is 70.9 Å². The number of aromatic hydroxyl groups is 1. The van der Waals surface area contributed by atoms with Gasteiger partial charge >= 0.3 is 0 Å². The zero-order chi connectivity index (χ0) is 19.5. The van der Waals surface area contributed by atoms with Crippen LogP contribution in [-0.2, 0) is 10.8 Å². The molecule has 0 radical (unpaired) electrons. The number of benzene rings is 2. The molecule has 0 fully saturated rings. The van der Waals surface area contributed by atoms with Crippen molar-refractivity contribution >= 4 is 12.0 Å². The zero-order valence-corrected chi connectivity index (χ0v) is 16.6. The van der Waals surface area contributed by atoms with Crippen LogP contribution in [0.15, 0.2) is 48.7 Å². The Morgan fingerprint density at radius 2 is 1.42 bits per heavy atom. The summed E-state index contributed by atoms with van der Waals surface area (Å²) in [5.41, 5.74) is 3.01. The van der Waals surface area contributed by atoms with Crippen molar-refractivity contribution < 1.29 is 9.90 Å². The molecule has 0 atom stereocenters. The second-order valence-corrected chi connectivity index (χ2v) is 8.64. The topological polar surface area (TPSA) is 49.3 Å². The molecule has 0 aliphatic rings. The largest absolute Gasteiger partial charge is 0.507 e. The lowest BCUT2D eigenvalue weighted by atomic mass is 9.78. The summed E-state index contributed by atoms with van der Waals surface area (Å²) in [6.45, 7) is 12.5. The Balaban J connectivity index is 2.33. The predicted molar refractivity (Wildman–Crippen MR) is 108 cm³/mol. The summed E-state index contributed by atoms with van der Waals surface area (Å²) in [4.78, 5) is 12.1. The van der Waals surface area contributed by atoms with Crippen molar-refractivity contribution in [2.45, 2.75) is 52.4 Å². The monoisotopic (exact) mass is 351 g/mol. The van der Waals surface area contributed by atoms with Crippen molar-refractivity contribution in [2.75, 3.05) is 0 Å². The fourth-order valence-electron chi connectivity index (χ4n) is 2.78. The van der Waals surface area contributed by atoms with Crippen molar-refractivity contribution in [3.8, 4) is 5.75 Å². The highest BCUT2D eigenvalue weighted by atomic mass is 16.3. The van der Waals surface area contributed by atoms with Crippen molar-refractivity contribution in [3.63, 3.8) is 0 Å². The van der Waals surface area contributed by atoms with E-state index in [1.165, 1.54) is 0 Å². The highest BCUT2D eigenvalue weighted by Gasteiger charge is 2.26. The van der Waals surface area contributed by atoms with Crippen LogP contribution in [0, 0.1) is 0 Å². The molecule has 138 valence electrons. The van der Waals surface area contributed by atoms with Gasteiger partial charge in [0.1, 0.15) is 5.75 Å². The molecule has 2 N–H and O–H groups in total. The fraction of sp³-hybridized carbons (Fsp3) is 0.348. The average molecular weight is 351 g/mol. The first-order valence-corrected chi connectivity index (χ1v) is 8.90. The average Bonchev–Trinajstić information content (AvgIpc) is 2.54. The van der Waals surface area contributed by atoms with E-state index in [2.05, 4.69) is 46.9 Å². The third kappa shape index (κ3) is 4.75. The number of hydrogen-bond donors (Lipinski definition) is 2. The molecule has 3 heteroatoms. The Hall–Kier alpha value is -2.55. The van der Waals surface area contributed by atoms with Crippen molar-refractivity contribution in [1.82, 2.24) is 5.32 Å². The molecule has 0 heterocycles. The smallest absolute Gasteiger partial charge is 0.255 e. The van der Waals surface area contributed by atoms with Gasteiger partial charge in [-0.2, -0.15) is 0 Å². The second kappa shape index (κ2) is 7.36. The number of phenols is 1. The van der Waals surface area contributed by atoms with Gasteiger partial charge in [-0.05, 0) is 46.7 Å². The third-order valence-corrected chi connectivity index (χ3v) is 4.27. The van der Waals surface area contributed by atoms with E-state index < -0.39 is 0 Å². The molecule has 3 nitrogen and oxygen atoms in total. The quantitative estimate of drug-likeness (QED) is 0.779. The summed E-state index contributed by atoms with van der Waals surface area (Å²) in [7, 11) is 0. The predicted octanol–water partition coefficient (Wildman–Crippen LogP) is 5.39. The standard InChI is InChI=1S/C23H29NO2/c1-22(2,3)18-14-16(15-19(20(18)25)23(4,5)6)12-13-24-21(26)17-10-8-7-9-11-17/h7-15,25H,1-6H3,(H,24,26)/b13-12-. The van der Waals surface area contributed by atoms with E-state index in [9.17, 15) is 9.90 Å². The molecule has 2 aromatic rings. The molecular weight excluding hydrogens is 322 g/mol. The molecule has 2 rings (SSSR count). The minimum absolute atomic E-state index is 0.146. The van der Waals surface area contributed by atoms with E-state index in [-0.39, 0.29) is 16.7 Å². The number of carbonyl (C=O) groups excluding carboxylic acids is 1. The summed E-state index contributed by atoms with van der Waals surface area (Å²) in [5, 5.41) is 13.5. The number of amides is 1. The second-order valence-electron chi connectivity index (χ2n) is 8.64. The van der Waals surface area contributed by atoms with Gasteiger partial charge < -0.3 is 10.4 Å². The van der Waals surface area contributed by atoms with Gasteiger partial charge in [0.05, 0.1) is 0 Å². The van der Waals surface area contributed by atoms with E-state index in [0.717, 1.165) is 16.7 Å².